The minimum Gasteiger partial charge on any atom is -0.356 e. The number of aliphatic hydroxyl groups is 1. The second kappa shape index (κ2) is 3.55. The molecule has 1 unspecified atom stereocenters. The van der Waals surface area contributed by atoms with E-state index in [1.807, 2.05) is 0 Å². The maximum atomic E-state index is 13.5. The minimum atomic E-state index is -1.53. The Morgan fingerprint density at radius 2 is 1.94 bits per heavy atom. The number of anilines is 2. The zero-order chi connectivity index (χ0) is 12.0. The molecule has 1 aliphatic rings. The lowest BCUT2D eigenvalue weighted by molar-refractivity contribution is 0.195. The zero-order valence-corrected chi connectivity index (χ0v) is 8.76. The van der Waals surface area contributed by atoms with Gasteiger partial charge in [-0.25, -0.2) is 13.2 Å². The molecule has 3 nitrogen and oxygen atoms in total. The molecule has 0 saturated heterocycles. The molecule has 88 valence electrons. The van der Waals surface area contributed by atoms with Crippen LogP contribution in [0.2, 0.25) is 0 Å². The van der Waals surface area contributed by atoms with Crippen LogP contribution in [-0.2, 0) is 0 Å². The summed E-state index contributed by atoms with van der Waals surface area (Å²) >= 11 is 0. The van der Waals surface area contributed by atoms with Gasteiger partial charge in [0, 0.05) is 12.1 Å². The number of benzene rings is 1. The summed E-state index contributed by atoms with van der Waals surface area (Å²) in [5, 5.41) is 12.1. The molecule has 1 aliphatic heterocycles. The van der Waals surface area contributed by atoms with Crippen LogP contribution in [0, 0.1) is 17.5 Å². The van der Waals surface area contributed by atoms with Crippen molar-refractivity contribution >= 4 is 11.4 Å². The number of nitrogens with one attached hydrogen (secondary N) is 1. The van der Waals surface area contributed by atoms with E-state index in [1.54, 1.807) is 13.8 Å². The number of halogens is 3. The van der Waals surface area contributed by atoms with Crippen molar-refractivity contribution < 1.29 is 18.3 Å². The first-order valence-electron chi connectivity index (χ1n) is 4.84. The van der Waals surface area contributed by atoms with Crippen molar-refractivity contribution in [1.82, 2.24) is 0 Å². The molecule has 0 spiro atoms. The number of aliphatic hydroxyl groups excluding tert-OH is 1. The second-order valence-corrected chi connectivity index (χ2v) is 3.90. The molecule has 1 aromatic carbocycles. The molecule has 0 saturated carbocycles. The Hall–Kier alpha value is -1.43. The normalized spacial score (nSPS) is 18.9. The fraction of sp³-hybridized carbons (Fsp3) is 0.400. The molecule has 16 heavy (non-hydrogen) atoms. The minimum absolute atomic E-state index is 0.0533. The van der Waals surface area contributed by atoms with Crippen molar-refractivity contribution in [2.24, 2.45) is 0 Å². The Bertz CT molecular complexity index is 437. The van der Waals surface area contributed by atoms with Crippen molar-refractivity contribution in [1.29, 1.82) is 0 Å². The third-order valence-electron chi connectivity index (χ3n) is 2.50. The van der Waals surface area contributed by atoms with E-state index in [4.69, 9.17) is 0 Å². The Morgan fingerprint density at radius 3 is 2.50 bits per heavy atom. The highest BCUT2D eigenvalue weighted by Gasteiger charge is 2.34. The first-order chi connectivity index (χ1) is 7.43. The van der Waals surface area contributed by atoms with Crippen molar-refractivity contribution in [3.63, 3.8) is 0 Å². The molecule has 0 aromatic heterocycles. The SMILES string of the molecule is CC(C)N1c2c(cc(F)c(F)c2F)NC1O. The number of hydrogen-bond acceptors (Lipinski definition) is 3. The van der Waals surface area contributed by atoms with Gasteiger partial charge in [-0.15, -0.1) is 0 Å². The van der Waals surface area contributed by atoms with Crippen molar-refractivity contribution in [3.05, 3.63) is 23.5 Å². The van der Waals surface area contributed by atoms with Crippen LogP contribution in [0.3, 0.4) is 0 Å². The molecule has 6 heteroatoms. The fourth-order valence-corrected chi connectivity index (χ4v) is 1.82. The molecule has 0 fully saturated rings. The predicted molar refractivity (Wildman–Crippen MR) is 53.6 cm³/mol. The average Bonchev–Trinajstić information content (AvgIpc) is 2.51. The van der Waals surface area contributed by atoms with Crippen LogP contribution >= 0.6 is 0 Å². The van der Waals surface area contributed by atoms with Gasteiger partial charge in [-0.1, -0.05) is 0 Å². The molecular weight excluding hydrogens is 221 g/mol. The fourth-order valence-electron chi connectivity index (χ4n) is 1.82. The highest BCUT2D eigenvalue weighted by Crippen LogP contribution is 2.39. The van der Waals surface area contributed by atoms with Gasteiger partial charge in [0.15, 0.2) is 17.5 Å². The third kappa shape index (κ3) is 1.41. The summed E-state index contributed by atoms with van der Waals surface area (Å²) in [6, 6.07) is 0.586. The topological polar surface area (TPSA) is 35.5 Å². The van der Waals surface area contributed by atoms with E-state index in [0.717, 1.165) is 6.07 Å². The van der Waals surface area contributed by atoms with Gasteiger partial charge in [-0.05, 0) is 13.8 Å². The Labute approximate surface area is 90.5 Å². The van der Waals surface area contributed by atoms with Gasteiger partial charge in [0.2, 0.25) is 6.35 Å². The molecule has 0 amide bonds. The van der Waals surface area contributed by atoms with Crippen LogP contribution in [0.15, 0.2) is 6.07 Å². The van der Waals surface area contributed by atoms with Gasteiger partial charge in [-0.3, -0.25) is 0 Å². The van der Waals surface area contributed by atoms with Gasteiger partial charge in [0.25, 0.3) is 0 Å². The van der Waals surface area contributed by atoms with E-state index in [2.05, 4.69) is 5.32 Å². The van der Waals surface area contributed by atoms with E-state index in [1.165, 1.54) is 4.90 Å². The first-order valence-corrected chi connectivity index (χ1v) is 4.84. The predicted octanol–water partition coefficient (Wildman–Crippen LogP) is 2.02. The molecular formula is C10H11F3N2O. The summed E-state index contributed by atoms with van der Waals surface area (Å²) in [6.07, 6.45) is -1.18. The van der Waals surface area contributed by atoms with E-state index < -0.39 is 23.8 Å². The van der Waals surface area contributed by atoms with Crippen LogP contribution in [0.4, 0.5) is 24.5 Å². The Kier molecular flexibility index (Phi) is 2.46. The number of fused-ring (bicyclic) bond motifs is 1. The average molecular weight is 232 g/mol. The maximum absolute atomic E-state index is 13.5. The summed E-state index contributed by atoms with van der Waals surface area (Å²) in [4.78, 5) is 1.24. The van der Waals surface area contributed by atoms with Gasteiger partial charge in [0.1, 0.15) is 5.69 Å². The third-order valence-corrected chi connectivity index (χ3v) is 2.50. The number of nitrogens with zero attached hydrogens (tertiary/aromatic N) is 1. The largest absolute Gasteiger partial charge is 0.356 e. The van der Waals surface area contributed by atoms with Crippen LogP contribution in [0.1, 0.15) is 13.8 Å². The van der Waals surface area contributed by atoms with Gasteiger partial charge in [-0.2, -0.15) is 0 Å². The lowest BCUT2D eigenvalue weighted by atomic mass is 10.2. The molecule has 2 rings (SSSR count). The van der Waals surface area contributed by atoms with E-state index in [-0.39, 0.29) is 17.4 Å². The van der Waals surface area contributed by atoms with Crippen molar-refractivity contribution in [2.75, 3.05) is 10.2 Å². The van der Waals surface area contributed by atoms with Crippen LogP contribution in [0.5, 0.6) is 0 Å². The number of hydrogen-bond donors (Lipinski definition) is 2. The lowest BCUT2D eigenvalue weighted by Gasteiger charge is -2.26. The smallest absolute Gasteiger partial charge is 0.205 e. The summed E-state index contributed by atoms with van der Waals surface area (Å²) in [7, 11) is 0. The molecule has 0 radical (unpaired) electrons. The van der Waals surface area contributed by atoms with E-state index >= 15 is 0 Å². The molecule has 0 bridgehead atoms. The van der Waals surface area contributed by atoms with E-state index in [0.29, 0.717) is 0 Å². The Morgan fingerprint density at radius 1 is 1.31 bits per heavy atom. The molecule has 1 aromatic rings. The monoisotopic (exact) mass is 232 g/mol. The number of rotatable bonds is 1. The summed E-state index contributed by atoms with van der Waals surface area (Å²) in [5.41, 5.74) is -0.0843. The molecule has 1 atom stereocenters. The lowest BCUT2D eigenvalue weighted by Crippen LogP contribution is -2.40. The van der Waals surface area contributed by atoms with Crippen LogP contribution in [0.25, 0.3) is 0 Å². The van der Waals surface area contributed by atoms with E-state index in [9.17, 15) is 18.3 Å². The van der Waals surface area contributed by atoms with Crippen LogP contribution < -0.4 is 10.2 Å². The first kappa shape index (κ1) is 11.1. The van der Waals surface area contributed by atoms with Crippen LogP contribution in [-0.4, -0.2) is 17.5 Å². The highest BCUT2D eigenvalue weighted by atomic mass is 19.2. The highest BCUT2D eigenvalue weighted by molar-refractivity contribution is 5.76. The van der Waals surface area contributed by atoms with Crippen molar-refractivity contribution in [2.45, 2.75) is 26.2 Å². The van der Waals surface area contributed by atoms with Gasteiger partial charge in [0.05, 0.1) is 5.69 Å². The Balaban J connectivity index is 2.61. The summed E-state index contributed by atoms with van der Waals surface area (Å²) in [6.45, 7) is 3.42. The van der Waals surface area contributed by atoms with Crippen molar-refractivity contribution in [3.8, 4) is 0 Å². The second-order valence-electron chi connectivity index (χ2n) is 3.90. The zero-order valence-electron chi connectivity index (χ0n) is 8.76. The molecule has 1 heterocycles. The standard InChI is InChI=1S/C10H11F3N2O/c1-4(2)15-9-6(14-10(15)16)3-5(11)7(12)8(9)13/h3-4,10,14,16H,1-2H3. The van der Waals surface area contributed by atoms with Gasteiger partial charge < -0.3 is 15.3 Å². The molecule has 0 aliphatic carbocycles. The summed E-state index contributed by atoms with van der Waals surface area (Å²) in [5.74, 6) is -4.09. The maximum Gasteiger partial charge on any atom is 0.205 e. The quantitative estimate of drug-likeness (QED) is 0.727. The summed E-state index contributed by atoms with van der Waals surface area (Å²) < 4.78 is 39.5. The molecule has 2 N–H and O–H groups in total. The van der Waals surface area contributed by atoms with Gasteiger partial charge >= 0.3 is 0 Å².